The lowest BCUT2D eigenvalue weighted by Gasteiger charge is -2.26. The van der Waals surface area contributed by atoms with E-state index in [-0.39, 0.29) is 17.5 Å². The molecule has 7 heteroatoms. The molecule has 0 radical (unpaired) electrons. The fourth-order valence-electron chi connectivity index (χ4n) is 4.28. The van der Waals surface area contributed by atoms with Gasteiger partial charge in [-0.1, -0.05) is 30.3 Å². The molecule has 2 aliphatic rings. The van der Waals surface area contributed by atoms with E-state index in [0.717, 1.165) is 67.7 Å². The number of hydrogen-bond acceptors (Lipinski definition) is 5. The van der Waals surface area contributed by atoms with E-state index in [1.54, 1.807) is 6.20 Å². The summed E-state index contributed by atoms with van der Waals surface area (Å²) in [4.78, 5) is 18.0. The van der Waals surface area contributed by atoms with E-state index in [1.807, 2.05) is 36.0 Å². The zero-order valence-corrected chi connectivity index (χ0v) is 17.2. The predicted octanol–water partition coefficient (Wildman–Crippen LogP) is 3.46. The van der Waals surface area contributed by atoms with Gasteiger partial charge in [-0.25, -0.2) is 9.67 Å². The first kappa shape index (κ1) is 19.1. The van der Waals surface area contributed by atoms with Gasteiger partial charge in [-0.3, -0.25) is 4.79 Å². The number of aromatic nitrogens is 3. The van der Waals surface area contributed by atoms with Crippen molar-refractivity contribution in [1.29, 1.82) is 0 Å². The SMILES string of the molecule is CCn1ncc2c(NC3CCOCC3)c(C(=O)NC3(c4ccccc4)CC3)cnc21. The second-order valence-corrected chi connectivity index (χ2v) is 8.18. The molecule has 2 fully saturated rings. The van der Waals surface area contributed by atoms with Gasteiger partial charge in [-0.2, -0.15) is 5.10 Å². The van der Waals surface area contributed by atoms with E-state index in [1.165, 1.54) is 0 Å². The molecule has 5 rings (SSSR count). The van der Waals surface area contributed by atoms with Gasteiger partial charge in [0.15, 0.2) is 5.65 Å². The topological polar surface area (TPSA) is 81.1 Å². The molecular weight excluding hydrogens is 378 g/mol. The molecule has 2 aromatic heterocycles. The predicted molar refractivity (Wildman–Crippen MR) is 115 cm³/mol. The molecule has 1 aromatic carbocycles. The number of rotatable bonds is 6. The van der Waals surface area contributed by atoms with E-state index < -0.39 is 0 Å². The first-order valence-electron chi connectivity index (χ1n) is 10.8. The summed E-state index contributed by atoms with van der Waals surface area (Å²) in [5.74, 6) is -0.0930. The maximum absolute atomic E-state index is 13.4. The summed E-state index contributed by atoms with van der Waals surface area (Å²) < 4.78 is 7.36. The van der Waals surface area contributed by atoms with Gasteiger partial charge in [0.25, 0.3) is 5.91 Å². The Labute approximate surface area is 175 Å². The molecule has 1 saturated heterocycles. The van der Waals surface area contributed by atoms with E-state index in [4.69, 9.17) is 4.74 Å². The molecule has 1 saturated carbocycles. The summed E-state index contributed by atoms with van der Waals surface area (Å²) in [7, 11) is 0. The Morgan fingerprint density at radius 2 is 1.97 bits per heavy atom. The highest BCUT2D eigenvalue weighted by Crippen LogP contribution is 2.45. The van der Waals surface area contributed by atoms with Crippen LogP contribution in [0, 0.1) is 0 Å². The molecule has 0 bridgehead atoms. The molecule has 30 heavy (non-hydrogen) atoms. The Balaban J connectivity index is 1.49. The van der Waals surface area contributed by atoms with Crippen LogP contribution in [0.15, 0.2) is 42.7 Å². The minimum absolute atomic E-state index is 0.0930. The van der Waals surface area contributed by atoms with Crippen molar-refractivity contribution in [3.05, 3.63) is 53.9 Å². The molecule has 3 heterocycles. The third-order valence-electron chi connectivity index (χ3n) is 6.21. The van der Waals surface area contributed by atoms with Crippen molar-refractivity contribution in [3.63, 3.8) is 0 Å². The number of carbonyl (C=O) groups excluding carboxylic acids is 1. The van der Waals surface area contributed by atoms with E-state index in [9.17, 15) is 4.79 Å². The molecule has 0 spiro atoms. The zero-order chi connectivity index (χ0) is 20.6. The van der Waals surface area contributed by atoms with Crippen LogP contribution in [0.3, 0.4) is 0 Å². The van der Waals surface area contributed by atoms with Crippen molar-refractivity contribution in [2.75, 3.05) is 18.5 Å². The van der Waals surface area contributed by atoms with Crippen molar-refractivity contribution in [1.82, 2.24) is 20.1 Å². The van der Waals surface area contributed by atoms with Gasteiger partial charge in [-0.05, 0) is 38.2 Å². The highest BCUT2D eigenvalue weighted by atomic mass is 16.5. The van der Waals surface area contributed by atoms with Gasteiger partial charge in [-0.15, -0.1) is 0 Å². The van der Waals surface area contributed by atoms with Gasteiger partial charge in [0.1, 0.15) is 0 Å². The minimum Gasteiger partial charge on any atom is -0.381 e. The molecule has 3 aromatic rings. The summed E-state index contributed by atoms with van der Waals surface area (Å²) >= 11 is 0. The maximum atomic E-state index is 13.4. The van der Waals surface area contributed by atoms with E-state index >= 15 is 0 Å². The van der Waals surface area contributed by atoms with E-state index in [2.05, 4.69) is 32.8 Å². The lowest BCUT2D eigenvalue weighted by atomic mass is 10.0. The Morgan fingerprint density at radius 1 is 1.20 bits per heavy atom. The van der Waals surface area contributed by atoms with Crippen LogP contribution in [0.5, 0.6) is 0 Å². The number of hydrogen-bond donors (Lipinski definition) is 2. The van der Waals surface area contributed by atoms with Crippen molar-refractivity contribution < 1.29 is 9.53 Å². The molecule has 7 nitrogen and oxygen atoms in total. The highest BCUT2D eigenvalue weighted by Gasteiger charge is 2.46. The molecule has 2 N–H and O–H groups in total. The molecule has 0 unspecified atom stereocenters. The summed E-state index contributed by atoms with van der Waals surface area (Å²) in [6, 6.07) is 10.5. The van der Waals surface area contributed by atoms with Crippen LogP contribution in [0.25, 0.3) is 11.0 Å². The van der Waals surface area contributed by atoms with Crippen LogP contribution in [-0.4, -0.2) is 39.9 Å². The number of fused-ring (bicyclic) bond motifs is 1. The number of carbonyl (C=O) groups is 1. The monoisotopic (exact) mass is 405 g/mol. The van der Waals surface area contributed by atoms with Crippen LogP contribution in [0.1, 0.15) is 48.5 Å². The first-order chi connectivity index (χ1) is 14.7. The maximum Gasteiger partial charge on any atom is 0.255 e. The second-order valence-electron chi connectivity index (χ2n) is 8.18. The lowest BCUT2D eigenvalue weighted by Crippen LogP contribution is -2.36. The van der Waals surface area contributed by atoms with Gasteiger partial charge < -0.3 is 15.4 Å². The number of anilines is 1. The fourth-order valence-corrected chi connectivity index (χ4v) is 4.28. The zero-order valence-electron chi connectivity index (χ0n) is 17.2. The molecule has 1 aliphatic carbocycles. The number of nitrogens with zero attached hydrogens (tertiary/aromatic N) is 3. The van der Waals surface area contributed by atoms with Gasteiger partial charge in [0, 0.05) is 32.0 Å². The van der Waals surface area contributed by atoms with Gasteiger partial charge in [0.05, 0.1) is 28.4 Å². The van der Waals surface area contributed by atoms with Crippen molar-refractivity contribution >= 4 is 22.6 Å². The molecular formula is C23H27N5O2. The van der Waals surface area contributed by atoms with Crippen LogP contribution >= 0.6 is 0 Å². The Hall–Kier alpha value is -2.93. The Kier molecular flexibility index (Phi) is 4.90. The summed E-state index contributed by atoms with van der Waals surface area (Å²) in [6.07, 6.45) is 7.24. The third-order valence-corrected chi connectivity index (χ3v) is 6.21. The first-order valence-corrected chi connectivity index (χ1v) is 10.8. The lowest BCUT2D eigenvalue weighted by molar-refractivity contribution is 0.0903. The minimum atomic E-state index is -0.267. The normalized spacial score (nSPS) is 18.3. The van der Waals surface area contributed by atoms with Crippen molar-refractivity contribution in [2.45, 2.75) is 50.7 Å². The van der Waals surface area contributed by atoms with Crippen molar-refractivity contribution in [3.8, 4) is 0 Å². The largest absolute Gasteiger partial charge is 0.381 e. The van der Waals surface area contributed by atoms with Gasteiger partial charge >= 0.3 is 0 Å². The number of ether oxygens (including phenoxy) is 1. The number of benzene rings is 1. The Morgan fingerprint density at radius 3 is 2.67 bits per heavy atom. The molecule has 1 amide bonds. The molecule has 1 aliphatic heterocycles. The van der Waals surface area contributed by atoms with Crippen LogP contribution in [-0.2, 0) is 16.8 Å². The third kappa shape index (κ3) is 3.43. The average molecular weight is 406 g/mol. The quantitative estimate of drug-likeness (QED) is 0.656. The van der Waals surface area contributed by atoms with Gasteiger partial charge in [0.2, 0.25) is 0 Å². The number of aryl methyl sites for hydroxylation is 1. The summed E-state index contributed by atoms with van der Waals surface area (Å²) in [5, 5.41) is 12.3. The summed E-state index contributed by atoms with van der Waals surface area (Å²) in [5.41, 5.74) is 3.09. The van der Waals surface area contributed by atoms with Crippen LogP contribution in [0.2, 0.25) is 0 Å². The van der Waals surface area contributed by atoms with Crippen LogP contribution in [0.4, 0.5) is 5.69 Å². The smallest absolute Gasteiger partial charge is 0.255 e. The number of amides is 1. The van der Waals surface area contributed by atoms with Crippen LogP contribution < -0.4 is 10.6 Å². The van der Waals surface area contributed by atoms with Crippen molar-refractivity contribution in [2.24, 2.45) is 0 Å². The molecule has 156 valence electrons. The molecule has 0 atom stereocenters. The highest BCUT2D eigenvalue weighted by molar-refractivity contribution is 6.06. The number of pyridine rings is 1. The second kappa shape index (κ2) is 7.72. The average Bonchev–Trinajstić information content (AvgIpc) is 3.44. The number of nitrogens with one attached hydrogen (secondary N) is 2. The summed E-state index contributed by atoms with van der Waals surface area (Å²) in [6.45, 7) is 4.24. The van der Waals surface area contributed by atoms with E-state index in [0.29, 0.717) is 5.56 Å². The fraction of sp³-hybridized carbons (Fsp3) is 0.435. The Bertz CT molecular complexity index is 1050. The standard InChI is InChI=1S/C23H27N5O2/c1-2-28-21-18(15-25-28)20(26-17-8-12-30-13-9-17)19(14-24-21)22(29)27-23(10-11-23)16-6-4-3-5-7-16/h3-7,14-15,17H,2,8-13H2,1H3,(H,24,26)(H,27,29).